The van der Waals surface area contributed by atoms with Gasteiger partial charge in [0.05, 0.1) is 27.4 Å². The molecule has 5 heteroatoms. The molecule has 3 nitrogen and oxygen atoms in total. The summed E-state index contributed by atoms with van der Waals surface area (Å²) in [5, 5.41) is 15.1. The van der Waals surface area contributed by atoms with Crippen molar-refractivity contribution in [2.24, 2.45) is 0 Å². The second-order valence-electron chi connectivity index (χ2n) is 12.2. The van der Waals surface area contributed by atoms with Gasteiger partial charge in [0, 0.05) is 6.61 Å². The van der Waals surface area contributed by atoms with E-state index in [1.807, 2.05) is 18.2 Å². The molecule has 0 fully saturated rings. The molecule has 0 heterocycles. The molecule has 0 aliphatic rings. The molecule has 0 aromatic heterocycles. The molecule has 0 bridgehead atoms. The fourth-order valence-electron chi connectivity index (χ4n) is 6.35. The lowest BCUT2D eigenvalue weighted by Gasteiger charge is -2.43. The Morgan fingerprint density at radius 3 is 1.73 bits per heavy atom. The van der Waals surface area contributed by atoms with Gasteiger partial charge in [0.2, 0.25) is 0 Å². The van der Waals surface area contributed by atoms with E-state index < -0.39 is 22.5 Å². The molecule has 0 radical (unpaired) electrons. The topological polar surface area (TPSA) is 38.7 Å². The zero-order chi connectivity index (χ0) is 29.8. The third kappa shape index (κ3) is 8.39. The smallest absolute Gasteiger partial charge is 0.261 e. The van der Waals surface area contributed by atoms with Crippen LogP contribution in [0.5, 0.6) is 0 Å². The predicted molar refractivity (Wildman–Crippen MR) is 180 cm³/mol. The molecule has 0 saturated heterocycles. The zero-order valence-electron chi connectivity index (χ0n) is 26.2. The normalized spacial score (nSPS) is 13.8. The van der Waals surface area contributed by atoms with Gasteiger partial charge in [-0.2, -0.15) is 0 Å². The maximum atomic E-state index is 11.1. The minimum absolute atomic E-state index is 0.0384. The standard InChI is InChI=1S/C36H52O3Si2/c1-7-40(8-2,9-3)35(28-32(37)30-38-29-31-20-13-10-14-21-31)26-19-27-39-41(36(4,5)6,33-22-15-11-16-23-33)34-24-17-12-18-25-34/h10-18,20-26,32,37H,7-9,19,27-30H2,1-6H3/b35-26+/t32-/m1/s1. The average Bonchev–Trinajstić information content (AvgIpc) is 2.99. The van der Waals surface area contributed by atoms with Gasteiger partial charge in [-0.05, 0) is 33.8 Å². The highest BCUT2D eigenvalue weighted by Crippen LogP contribution is 2.37. The van der Waals surface area contributed by atoms with Crippen LogP contribution in [-0.4, -0.2) is 40.8 Å². The van der Waals surface area contributed by atoms with Gasteiger partial charge in [0.25, 0.3) is 8.32 Å². The molecule has 0 amide bonds. The quantitative estimate of drug-likeness (QED) is 0.137. The summed E-state index contributed by atoms with van der Waals surface area (Å²) in [6.45, 7) is 15.5. The van der Waals surface area contributed by atoms with Gasteiger partial charge < -0.3 is 14.3 Å². The summed E-state index contributed by atoms with van der Waals surface area (Å²) in [5.41, 5.74) is 1.13. The highest BCUT2D eigenvalue weighted by molar-refractivity contribution is 6.99. The first-order valence-corrected chi connectivity index (χ1v) is 20.0. The van der Waals surface area contributed by atoms with Crippen LogP contribution in [0, 0.1) is 0 Å². The molecule has 1 atom stereocenters. The van der Waals surface area contributed by atoms with E-state index >= 15 is 0 Å². The summed E-state index contributed by atoms with van der Waals surface area (Å²) < 4.78 is 13.1. The molecule has 0 unspecified atom stereocenters. The molecule has 0 saturated carbocycles. The Bertz CT molecular complexity index is 1120. The summed E-state index contributed by atoms with van der Waals surface area (Å²) in [6, 6.07) is 35.5. The Hall–Kier alpha value is -2.29. The van der Waals surface area contributed by atoms with E-state index in [1.54, 1.807) is 0 Å². The number of hydrogen-bond acceptors (Lipinski definition) is 3. The average molecular weight is 589 g/mol. The molecule has 3 aromatic carbocycles. The molecule has 0 aliphatic heterocycles. The first kappa shape index (κ1) is 33.2. The van der Waals surface area contributed by atoms with Crippen LogP contribution in [0.25, 0.3) is 0 Å². The van der Waals surface area contributed by atoms with Gasteiger partial charge in [-0.25, -0.2) is 0 Å². The van der Waals surface area contributed by atoms with E-state index in [0.717, 1.165) is 12.0 Å². The Labute approximate surface area is 251 Å². The van der Waals surface area contributed by atoms with Gasteiger partial charge in [0.15, 0.2) is 0 Å². The summed E-state index contributed by atoms with van der Waals surface area (Å²) in [7, 11) is -4.23. The molecule has 0 spiro atoms. The molecule has 3 rings (SSSR count). The van der Waals surface area contributed by atoms with E-state index in [1.165, 1.54) is 33.7 Å². The second kappa shape index (κ2) is 15.8. The third-order valence-corrected chi connectivity index (χ3v) is 19.7. The van der Waals surface area contributed by atoms with Crippen molar-refractivity contribution >= 4 is 26.8 Å². The Morgan fingerprint density at radius 2 is 1.27 bits per heavy atom. The van der Waals surface area contributed by atoms with Crippen LogP contribution in [0.3, 0.4) is 0 Å². The Morgan fingerprint density at radius 1 is 0.780 bits per heavy atom. The van der Waals surface area contributed by atoms with E-state index in [4.69, 9.17) is 9.16 Å². The molecular formula is C36H52O3Si2. The SMILES string of the molecule is CC[Si](CC)(CC)/C(=C/CCO[Si](c1ccccc1)(c1ccccc1)C(C)(C)C)C[C@@H](O)COCc1ccccc1. The van der Waals surface area contributed by atoms with Crippen molar-refractivity contribution in [3.8, 4) is 0 Å². The molecule has 222 valence electrons. The summed E-state index contributed by atoms with van der Waals surface area (Å²) >= 11 is 0. The zero-order valence-corrected chi connectivity index (χ0v) is 28.2. The summed E-state index contributed by atoms with van der Waals surface area (Å²) in [6.07, 6.45) is 3.47. The third-order valence-electron chi connectivity index (χ3n) is 8.83. The number of benzene rings is 3. The van der Waals surface area contributed by atoms with Crippen LogP contribution in [-0.2, 0) is 15.8 Å². The predicted octanol–water partition coefficient (Wildman–Crippen LogP) is 7.90. The monoisotopic (exact) mass is 588 g/mol. The van der Waals surface area contributed by atoms with Crippen LogP contribution in [0.2, 0.25) is 23.2 Å². The number of aliphatic hydroxyl groups excluding tert-OH is 1. The van der Waals surface area contributed by atoms with E-state index in [2.05, 4.69) is 120 Å². The van der Waals surface area contributed by atoms with Crippen LogP contribution < -0.4 is 10.4 Å². The molecule has 3 aromatic rings. The van der Waals surface area contributed by atoms with Crippen molar-refractivity contribution in [3.63, 3.8) is 0 Å². The minimum Gasteiger partial charge on any atom is -0.407 e. The maximum Gasteiger partial charge on any atom is 0.261 e. The van der Waals surface area contributed by atoms with E-state index in [-0.39, 0.29) is 5.04 Å². The maximum absolute atomic E-state index is 11.1. The lowest BCUT2D eigenvalue weighted by Crippen LogP contribution is -2.66. The second-order valence-corrected chi connectivity index (χ2v) is 21.9. The highest BCUT2D eigenvalue weighted by Gasteiger charge is 2.50. The fraction of sp³-hybridized carbons (Fsp3) is 0.444. The molecule has 0 aliphatic carbocycles. The van der Waals surface area contributed by atoms with Crippen molar-refractivity contribution in [1.82, 2.24) is 0 Å². The minimum atomic E-state index is -2.56. The van der Waals surface area contributed by atoms with Gasteiger partial charge in [-0.3, -0.25) is 0 Å². The van der Waals surface area contributed by atoms with Crippen molar-refractivity contribution in [2.45, 2.75) is 90.3 Å². The first-order valence-electron chi connectivity index (χ1n) is 15.5. The van der Waals surface area contributed by atoms with E-state index in [9.17, 15) is 5.11 Å². The lowest BCUT2D eigenvalue weighted by molar-refractivity contribution is 0.0294. The van der Waals surface area contributed by atoms with E-state index in [0.29, 0.717) is 26.2 Å². The summed E-state index contributed by atoms with van der Waals surface area (Å²) in [5.74, 6) is 0. The van der Waals surface area contributed by atoms with Gasteiger partial charge in [0.1, 0.15) is 0 Å². The summed E-state index contributed by atoms with van der Waals surface area (Å²) in [4.78, 5) is 0. The highest BCUT2D eigenvalue weighted by atomic mass is 28.4. The number of hydrogen-bond donors (Lipinski definition) is 1. The van der Waals surface area contributed by atoms with Crippen molar-refractivity contribution in [3.05, 3.63) is 108 Å². The molecule has 41 heavy (non-hydrogen) atoms. The number of rotatable bonds is 16. The van der Waals surface area contributed by atoms with Gasteiger partial charge in [-0.1, -0.05) is 162 Å². The molecule has 1 N–H and O–H groups in total. The fourth-order valence-corrected chi connectivity index (χ4v) is 15.0. The molecular weight excluding hydrogens is 537 g/mol. The van der Waals surface area contributed by atoms with Crippen molar-refractivity contribution in [1.29, 1.82) is 0 Å². The lowest BCUT2D eigenvalue weighted by atomic mass is 10.2. The first-order chi connectivity index (χ1) is 19.7. The van der Waals surface area contributed by atoms with Crippen LogP contribution >= 0.6 is 0 Å². The van der Waals surface area contributed by atoms with Gasteiger partial charge >= 0.3 is 0 Å². The number of aliphatic hydroxyl groups is 1. The van der Waals surface area contributed by atoms with Crippen LogP contribution in [0.15, 0.2) is 102 Å². The Kier molecular flexibility index (Phi) is 12.8. The van der Waals surface area contributed by atoms with Crippen LogP contribution in [0.4, 0.5) is 0 Å². The van der Waals surface area contributed by atoms with Crippen molar-refractivity contribution in [2.75, 3.05) is 13.2 Å². The van der Waals surface area contributed by atoms with Crippen LogP contribution in [0.1, 0.15) is 59.9 Å². The van der Waals surface area contributed by atoms with Crippen molar-refractivity contribution < 1.29 is 14.3 Å². The largest absolute Gasteiger partial charge is 0.407 e. The van der Waals surface area contributed by atoms with Gasteiger partial charge in [-0.15, -0.1) is 0 Å². The number of ether oxygens (including phenoxy) is 1. The Balaban J connectivity index is 1.81.